The highest BCUT2D eigenvalue weighted by molar-refractivity contribution is 5.79. The number of hydrogen-bond donors (Lipinski definition) is 1. The van der Waals surface area contributed by atoms with Crippen LogP contribution in [0.3, 0.4) is 0 Å². The fourth-order valence-electron chi connectivity index (χ4n) is 0.964. The van der Waals surface area contributed by atoms with Crippen LogP contribution >= 0.6 is 0 Å². The molecule has 0 fully saturated rings. The lowest BCUT2D eigenvalue weighted by molar-refractivity contribution is -0.120. The number of hydrogen-bond acceptors (Lipinski definition) is 3. The monoisotopic (exact) mass is 175 g/mol. The molecule has 0 radical (unpaired) electrons. The van der Waals surface area contributed by atoms with Crippen molar-refractivity contribution in [1.29, 1.82) is 5.26 Å². The number of primary amides is 1. The van der Waals surface area contributed by atoms with Gasteiger partial charge in [-0.1, -0.05) is 0 Å². The lowest BCUT2D eigenvalue weighted by atomic mass is 10.0. The predicted molar refractivity (Wildman–Crippen MR) is 46.2 cm³/mol. The van der Waals surface area contributed by atoms with Gasteiger partial charge in [-0.25, -0.2) is 0 Å². The maximum absolute atomic E-state index is 10.7. The summed E-state index contributed by atoms with van der Waals surface area (Å²) in [5.41, 5.74) is 5.91. The van der Waals surface area contributed by atoms with E-state index in [1.165, 1.54) is 0 Å². The van der Waals surface area contributed by atoms with Crippen molar-refractivity contribution in [2.75, 3.05) is 0 Å². The van der Waals surface area contributed by atoms with Gasteiger partial charge in [0, 0.05) is 12.4 Å². The molecule has 1 aromatic heterocycles. The Hall–Kier alpha value is -1.89. The Morgan fingerprint density at radius 2 is 2.23 bits per heavy atom. The normalized spacial score (nSPS) is 11.6. The molecule has 0 aliphatic rings. The van der Waals surface area contributed by atoms with Crippen molar-refractivity contribution in [2.24, 2.45) is 11.7 Å². The van der Waals surface area contributed by atoms with Crippen molar-refractivity contribution in [1.82, 2.24) is 4.98 Å². The molecule has 66 valence electrons. The molecular formula is C9H9N3O. The average Bonchev–Trinajstić information content (AvgIpc) is 2.15. The molecule has 4 heteroatoms. The second kappa shape index (κ2) is 4.21. The van der Waals surface area contributed by atoms with Crippen LogP contribution in [0.25, 0.3) is 0 Å². The van der Waals surface area contributed by atoms with Crippen LogP contribution in [0.2, 0.25) is 0 Å². The second-order valence-electron chi connectivity index (χ2n) is 2.64. The van der Waals surface area contributed by atoms with Gasteiger partial charge < -0.3 is 5.73 Å². The van der Waals surface area contributed by atoms with Crippen LogP contribution in [0.1, 0.15) is 5.56 Å². The van der Waals surface area contributed by atoms with Crippen molar-refractivity contribution in [3.8, 4) is 6.07 Å². The highest BCUT2D eigenvalue weighted by Gasteiger charge is 2.14. The molecule has 13 heavy (non-hydrogen) atoms. The van der Waals surface area contributed by atoms with Gasteiger partial charge in [0.25, 0.3) is 0 Å². The van der Waals surface area contributed by atoms with E-state index in [1.54, 1.807) is 24.5 Å². The standard InChI is InChI=1S/C9H9N3O/c10-6-8(9(11)13)5-7-1-3-12-4-2-7/h1-4,8H,5H2,(H2,11,13). The second-order valence-corrected chi connectivity index (χ2v) is 2.64. The number of carbonyl (C=O) groups is 1. The Balaban J connectivity index is 2.69. The lowest BCUT2D eigenvalue weighted by Crippen LogP contribution is -2.23. The number of pyridine rings is 1. The average molecular weight is 175 g/mol. The summed E-state index contributed by atoms with van der Waals surface area (Å²) >= 11 is 0. The molecule has 1 atom stereocenters. The van der Waals surface area contributed by atoms with E-state index in [0.29, 0.717) is 6.42 Å². The van der Waals surface area contributed by atoms with Crippen molar-refractivity contribution >= 4 is 5.91 Å². The van der Waals surface area contributed by atoms with Gasteiger partial charge in [-0.2, -0.15) is 5.26 Å². The quantitative estimate of drug-likeness (QED) is 0.715. The fraction of sp³-hybridized carbons (Fsp3) is 0.222. The largest absolute Gasteiger partial charge is 0.369 e. The van der Waals surface area contributed by atoms with E-state index in [1.807, 2.05) is 6.07 Å². The summed E-state index contributed by atoms with van der Waals surface area (Å²) in [5.74, 6) is -1.33. The minimum absolute atomic E-state index is 0.356. The van der Waals surface area contributed by atoms with Crippen molar-refractivity contribution < 1.29 is 4.79 Å². The number of nitrogens with two attached hydrogens (primary N) is 1. The first kappa shape index (κ1) is 9.20. The van der Waals surface area contributed by atoms with Gasteiger partial charge in [0.2, 0.25) is 5.91 Å². The molecule has 0 saturated carbocycles. The highest BCUT2D eigenvalue weighted by atomic mass is 16.1. The van der Waals surface area contributed by atoms with Gasteiger partial charge in [0.1, 0.15) is 5.92 Å². The van der Waals surface area contributed by atoms with Crippen LogP contribution in [0.4, 0.5) is 0 Å². The van der Waals surface area contributed by atoms with Crippen molar-refractivity contribution in [2.45, 2.75) is 6.42 Å². The summed E-state index contributed by atoms with van der Waals surface area (Å²) in [4.78, 5) is 14.5. The Bertz CT molecular complexity index is 328. The minimum Gasteiger partial charge on any atom is -0.369 e. The highest BCUT2D eigenvalue weighted by Crippen LogP contribution is 2.05. The summed E-state index contributed by atoms with van der Waals surface area (Å²) in [7, 11) is 0. The maximum atomic E-state index is 10.7. The number of amides is 1. The van der Waals surface area contributed by atoms with Crippen LogP contribution < -0.4 is 5.73 Å². The molecule has 4 nitrogen and oxygen atoms in total. The number of nitrogens with zero attached hydrogens (tertiary/aromatic N) is 2. The predicted octanol–water partition coefficient (Wildman–Crippen LogP) is 0.249. The Morgan fingerprint density at radius 1 is 1.62 bits per heavy atom. The van der Waals surface area contributed by atoms with Crippen molar-refractivity contribution in [3.05, 3.63) is 30.1 Å². The van der Waals surface area contributed by atoms with Gasteiger partial charge in [0.05, 0.1) is 6.07 Å². The third-order valence-electron chi connectivity index (χ3n) is 1.69. The molecule has 1 unspecified atom stereocenters. The van der Waals surface area contributed by atoms with Crippen LogP contribution in [-0.4, -0.2) is 10.9 Å². The first-order valence-electron chi connectivity index (χ1n) is 3.82. The Kier molecular flexibility index (Phi) is 2.98. The summed E-state index contributed by atoms with van der Waals surface area (Å²) in [6, 6.07) is 5.37. The van der Waals surface area contributed by atoms with Crippen LogP contribution in [-0.2, 0) is 11.2 Å². The summed E-state index contributed by atoms with van der Waals surface area (Å²) in [6.07, 6.45) is 3.59. The van der Waals surface area contributed by atoms with E-state index in [0.717, 1.165) is 5.56 Å². The molecule has 1 heterocycles. The van der Waals surface area contributed by atoms with E-state index in [9.17, 15) is 4.79 Å². The Morgan fingerprint density at radius 3 is 2.69 bits per heavy atom. The zero-order chi connectivity index (χ0) is 9.68. The molecule has 0 spiro atoms. The van der Waals surface area contributed by atoms with E-state index < -0.39 is 11.8 Å². The molecule has 2 N–H and O–H groups in total. The molecule has 0 aromatic carbocycles. The zero-order valence-electron chi connectivity index (χ0n) is 6.97. The Labute approximate surface area is 76.0 Å². The SMILES string of the molecule is N#CC(Cc1ccncc1)C(N)=O. The number of rotatable bonds is 3. The minimum atomic E-state index is -0.748. The summed E-state index contributed by atoms with van der Waals surface area (Å²) in [6.45, 7) is 0. The van der Waals surface area contributed by atoms with Gasteiger partial charge in [-0.3, -0.25) is 9.78 Å². The topological polar surface area (TPSA) is 79.8 Å². The maximum Gasteiger partial charge on any atom is 0.235 e. The fourth-order valence-corrected chi connectivity index (χ4v) is 0.964. The molecular weight excluding hydrogens is 166 g/mol. The van der Waals surface area contributed by atoms with Crippen molar-refractivity contribution in [3.63, 3.8) is 0 Å². The summed E-state index contributed by atoms with van der Waals surface area (Å²) < 4.78 is 0. The zero-order valence-corrected chi connectivity index (χ0v) is 6.97. The van der Waals surface area contributed by atoms with Gasteiger partial charge in [-0.05, 0) is 24.1 Å². The molecule has 1 amide bonds. The molecule has 0 bridgehead atoms. The summed E-state index contributed by atoms with van der Waals surface area (Å²) in [5, 5.41) is 8.59. The molecule has 0 saturated heterocycles. The van der Waals surface area contributed by atoms with Crippen LogP contribution in [0.5, 0.6) is 0 Å². The van der Waals surface area contributed by atoms with E-state index in [-0.39, 0.29) is 0 Å². The number of carbonyl (C=O) groups excluding carboxylic acids is 1. The van der Waals surface area contributed by atoms with Gasteiger partial charge >= 0.3 is 0 Å². The van der Waals surface area contributed by atoms with E-state index in [2.05, 4.69) is 4.98 Å². The van der Waals surface area contributed by atoms with Gasteiger partial charge in [0.15, 0.2) is 0 Å². The van der Waals surface area contributed by atoms with E-state index in [4.69, 9.17) is 11.0 Å². The molecule has 0 aliphatic heterocycles. The van der Waals surface area contributed by atoms with Crippen LogP contribution in [0.15, 0.2) is 24.5 Å². The first-order chi connectivity index (χ1) is 6.24. The first-order valence-corrected chi connectivity index (χ1v) is 3.82. The molecule has 1 rings (SSSR count). The molecule has 1 aromatic rings. The lowest BCUT2D eigenvalue weighted by Gasteiger charge is -2.03. The third-order valence-corrected chi connectivity index (χ3v) is 1.69. The number of aromatic nitrogens is 1. The van der Waals surface area contributed by atoms with Gasteiger partial charge in [-0.15, -0.1) is 0 Å². The molecule has 0 aliphatic carbocycles. The third kappa shape index (κ3) is 2.56. The van der Waals surface area contributed by atoms with E-state index >= 15 is 0 Å². The smallest absolute Gasteiger partial charge is 0.235 e. The van der Waals surface area contributed by atoms with Crippen LogP contribution in [0, 0.1) is 17.2 Å². The number of nitriles is 1.